The van der Waals surface area contributed by atoms with Crippen LogP contribution in [0.4, 0.5) is 10.7 Å². The first-order chi connectivity index (χ1) is 14.9. The zero-order chi connectivity index (χ0) is 22.4. The summed E-state index contributed by atoms with van der Waals surface area (Å²) in [6, 6.07) is 16.0. The highest BCUT2D eigenvalue weighted by Gasteiger charge is 2.27. The molecule has 9 heteroatoms. The maximum Gasteiger partial charge on any atom is 0.341 e. The highest BCUT2D eigenvalue weighted by Crippen LogP contribution is 2.50. The molecule has 0 aliphatic carbocycles. The molecule has 7 nitrogen and oxygen atoms in total. The van der Waals surface area contributed by atoms with E-state index >= 15 is 0 Å². The van der Waals surface area contributed by atoms with E-state index in [1.54, 1.807) is 36.4 Å². The monoisotopic (exact) mass is 455 g/mol. The Morgan fingerprint density at radius 2 is 1.87 bits per heavy atom. The molecule has 0 spiro atoms. The predicted molar refractivity (Wildman–Crippen MR) is 125 cm³/mol. The van der Waals surface area contributed by atoms with Crippen molar-refractivity contribution in [3.8, 4) is 11.1 Å². The Balaban J connectivity index is 2.24. The Labute approximate surface area is 188 Å². The van der Waals surface area contributed by atoms with Crippen molar-refractivity contribution in [3.05, 3.63) is 70.3 Å². The van der Waals surface area contributed by atoms with Gasteiger partial charge in [-0.2, -0.15) is 0 Å². The minimum absolute atomic E-state index is 0.0101. The van der Waals surface area contributed by atoms with E-state index < -0.39 is 10.9 Å². The number of hydrogen-bond acceptors (Lipinski definition) is 7. The molecule has 160 valence electrons. The largest absolute Gasteiger partial charge is 0.462 e. The minimum atomic E-state index is -0.474. The molecule has 0 amide bonds. The minimum Gasteiger partial charge on any atom is -0.462 e. The molecule has 3 rings (SSSR count). The third-order valence-corrected chi connectivity index (χ3v) is 6.42. The van der Waals surface area contributed by atoms with Crippen LogP contribution < -0.4 is 0 Å². The van der Waals surface area contributed by atoms with Crippen LogP contribution >= 0.6 is 23.1 Å². The molecular weight excluding hydrogens is 434 g/mol. The topological polar surface area (TPSA) is 85.0 Å². The van der Waals surface area contributed by atoms with Gasteiger partial charge < -0.3 is 9.64 Å². The van der Waals surface area contributed by atoms with Gasteiger partial charge in [-0.15, -0.1) is 11.3 Å². The zero-order valence-corrected chi connectivity index (χ0v) is 18.9. The summed E-state index contributed by atoms with van der Waals surface area (Å²) in [5.41, 5.74) is 1.85. The van der Waals surface area contributed by atoms with E-state index in [1.807, 2.05) is 44.4 Å². The molecule has 3 aromatic rings. The van der Waals surface area contributed by atoms with Gasteiger partial charge in [-0.05, 0) is 18.6 Å². The van der Waals surface area contributed by atoms with Gasteiger partial charge in [0.15, 0.2) is 0 Å². The molecule has 2 aromatic carbocycles. The first kappa shape index (κ1) is 22.5. The third-order valence-electron chi connectivity index (χ3n) is 4.07. The molecule has 0 unspecified atom stereocenters. The Hall–Kier alpha value is -3.17. The number of aliphatic imine (C=N–C) groups is 1. The summed E-state index contributed by atoms with van der Waals surface area (Å²) in [5, 5.41) is 12.0. The fraction of sp³-hybridized carbons (Fsp3) is 0.182. The number of nitro benzene ring substituents is 1. The molecule has 0 atom stereocenters. The molecule has 0 bridgehead atoms. The number of hydrogen-bond donors (Lipinski definition) is 0. The van der Waals surface area contributed by atoms with Crippen LogP contribution in [0.2, 0.25) is 0 Å². The predicted octanol–water partition coefficient (Wildman–Crippen LogP) is 5.87. The Morgan fingerprint density at radius 1 is 1.19 bits per heavy atom. The summed E-state index contributed by atoms with van der Waals surface area (Å²) in [6.45, 7) is 1.98. The molecule has 0 aliphatic heterocycles. The van der Waals surface area contributed by atoms with Crippen molar-refractivity contribution in [2.24, 2.45) is 4.99 Å². The third kappa shape index (κ3) is 5.31. The van der Waals surface area contributed by atoms with Crippen LogP contribution in [0.1, 0.15) is 17.3 Å². The standard InChI is InChI=1S/C22H21N3O4S2/c1-4-29-21(26)19-18(15-10-6-5-7-11-15)22(31-20(19)23-14-24(2)3)30-17-13-9-8-12-16(17)25(27)28/h5-14H,4H2,1-3H3/b23-14+. The van der Waals surface area contributed by atoms with Gasteiger partial charge in [0.2, 0.25) is 0 Å². The number of carbonyl (C=O) groups is 1. The lowest BCUT2D eigenvalue weighted by Crippen LogP contribution is -2.08. The second-order valence-electron chi connectivity index (χ2n) is 6.57. The van der Waals surface area contributed by atoms with E-state index in [4.69, 9.17) is 4.74 Å². The van der Waals surface area contributed by atoms with E-state index in [9.17, 15) is 14.9 Å². The van der Waals surface area contributed by atoms with Crippen molar-refractivity contribution in [1.29, 1.82) is 0 Å². The van der Waals surface area contributed by atoms with E-state index in [2.05, 4.69) is 4.99 Å². The van der Waals surface area contributed by atoms with Crippen LogP contribution in [-0.2, 0) is 4.74 Å². The van der Waals surface area contributed by atoms with Gasteiger partial charge in [-0.1, -0.05) is 54.2 Å². The average Bonchev–Trinajstić information content (AvgIpc) is 3.11. The number of ether oxygens (including phenoxy) is 1. The molecule has 1 heterocycles. The van der Waals surface area contributed by atoms with Crippen molar-refractivity contribution in [1.82, 2.24) is 4.90 Å². The number of nitro groups is 1. The summed E-state index contributed by atoms with van der Waals surface area (Å²) in [4.78, 5) is 30.8. The maximum absolute atomic E-state index is 12.9. The zero-order valence-electron chi connectivity index (χ0n) is 17.3. The van der Waals surface area contributed by atoms with Crippen molar-refractivity contribution in [3.63, 3.8) is 0 Å². The van der Waals surface area contributed by atoms with Gasteiger partial charge in [0, 0.05) is 25.7 Å². The smallest absolute Gasteiger partial charge is 0.341 e. The number of nitrogens with zero attached hydrogens (tertiary/aromatic N) is 3. The number of rotatable bonds is 8. The lowest BCUT2D eigenvalue weighted by molar-refractivity contribution is -0.387. The molecule has 0 saturated heterocycles. The van der Waals surface area contributed by atoms with Crippen molar-refractivity contribution >= 4 is 46.1 Å². The number of esters is 1. The first-order valence-corrected chi connectivity index (χ1v) is 11.1. The van der Waals surface area contributed by atoms with E-state index in [0.29, 0.717) is 21.0 Å². The number of carbonyl (C=O) groups excluding carboxylic acids is 1. The van der Waals surface area contributed by atoms with Crippen LogP contribution in [-0.4, -0.2) is 42.8 Å². The molecule has 0 aliphatic rings. The highest BCUT2D eigenvalue weighted by atomic mass is 32.2. The molecule has 0 N–H and O–H groups in total. The van der Waals surface area contributed by atoms with Crippen LogP contribution in [0.25, 0.3) is 11.1 Å². The SMILES string of the molecule is CCOC(=O)c1c(/N=C/N(C)C)sc(Sc2ccccc2[N+](=O)[O-])c1-c1ccccc1. The number of thiophene rings is 1. The fourth-order valence-electron chi connectivity index (χ4n) is 2.78. The second kappa shape index (κ2) is 10.2. The summed E-state index contributed by atoms with van der Waals surface area (Å²) in [7, 11) is 3.67. The van der Waals surface area contributed by atoms with Crippen LogP contribution in [0.5, 0.6) is 0 Å². The fourth-order valence-corrected chi connectivity index (χ4v) is 5.26. The quantitative estimate of drug-likeness (QED) is 0.139. The van der Waals surface area contributed by atoms with Gasteiger partial charge in [0.25, 0.3) is 5.69 Å². The van der Waals surface area contributed by atoms with Gasteiger partial charge in [0.05, 0.1) is 27.0 Å². The van der Waals surface area contributed by atoms with Crippen molar-refractivity contribution in [2.45, 2.75) is 16.0 Å². The van der Waals surface area contributed by atoms with Crippen LogP contribution in [0.15, 0.2) is 68.7 Å². The Morgan fingerprint density at radius 3 is 2.52 bits per heavy atom. The van der Waals surface area contributed by atoms with Gasteiger partial charge in [-0.25, -0.2) is 9.79 Å². The summed E-state index contributed by atoms with van der Waals surface area (Å²) in [6.07, 6.45) is 1.61. The van der Waals surface area contributed by atoms with Gasteiger partial charge in [0.1, 0.15) is 10.6 Å². The molecule has 0 radical (unpaired) electrons. The first-order valence-electron chi connectivity index (χ1n) is 9.43. The van der Waals surface area contributed by atoms with Crippen molar-refractivity contribution in [2.75, 3.05) is 20.7 Å². The number of para-hydroxylation sites is 1. The lowest BCUT2D eigenvalue weighted by atomic mass is 10.0. The summed E-state index contributed by atoms with van der Waals surface area (Å²) >= 11 is 2.56. The highest BCUT2D eigenvalue weighted by molar-refractivity contribution is 8.01. The second-order valence-corrected chi connectivity index (χ2v) is 8.88. The number of benzene rings is 2. The molecule has 1 aromatic heterocycles. The van der Waals surface area contributed by atoms with Crippen LogP contribution in [0, 0.1) is 10.1 Å². The maximum atomic E-state index is 12.9. The molecule has 0 saturated carbocycles. The Bertz CT molecular complexity index is 1110. The molecule has 31 heavy (non-hydrogen) atoms. The van der Waals surface area contributed by atoms with Gasteiger partial charge >= 0.3 is 5.97 Å². The lowest BCUT2D eigenvalue weighted by Gasteiger charge is -2.08. The molecule has 0 fully saturated rings. The van der Waals surface area contributed by atoms with Gasteiger partial charge in [-0.3, -0.25) is 10.1 Å². The summed E-state index contributed by atoms with van der Waals surface area (Å²) in [5.74, 6) is -0.474. The normalized spacial score (nSPS) is 10.9. The van der Waals surface area contributed by atoms with E-state index in [-0.39, 0.29) is 12.3 Å². The van der Waals surface area contributed by atoms with Crippen LogP contribution in [0.3, 0.4) is 0 Å². The molecular formula is C22H21N3O4S2. The summed E-state index contributed by atoms with van der Waals surface area (Å²) < 4.78 is 6.06. The Kier molecular flexibility index (Phi) is 7.43. The average molecular weight is 456 g/mol. The van der Waals surface area contributed by atoms with E-state index in [1.165, 1.54) is 29.2 Å². The van der Waals surface area contributed by atoms with E-state index in [0.717, 1.165) is 9.77 Å². The van der Waals surface area contributed by atoms with Crippen molar-refractivity contribution < 1.29 is 14.5 Å².